The fourth-order valence-corrected chi connectivity index (χ4v) is 1.92. The molecule has 2 heterocycles. The summed E-state index contributed by atoms with van der Waals surface area (Å²) in [5, 5.41) is 8.37. The van der Waals surface area contributed by atoms with Crippen molar-refractivity contribution in [2.45, 2.75) is 24.0 Å². The predicted octanol–water partition coefficient (Wildman–Crippen LogP) is 1.55. The number of nitrogens with one attached hydrogen (secondary N) is 1. The van der Waals surface area contributed by atoms with Gasteiger partial charge in [0.15, 0.2) is 0 Å². The van der Waals surface area contributed by atoms with Gasteiger partial charge in [-0.2, -0.15) is 0 Å². The van der Waals surface area contributed by atoms with Crippen LogP contribution >= 0.6 is 11.8 Å². The molecule has 0 fully saturated rings. The van der Waals surface area contributed by atoms with E-state index in [0.717, 1.165) is 16.4 Å². The van der Waals surface area contributed by atoms with Gasteiger partial charge in [0.25, 0.3) is 0 Å². The zero-order valence-corrected chi connectivity index (χ0v) is 9.30. The van der Waals surface area contributed by atoms with E-state index < -0.39 is 0 Å². The lowest BCUT2D eigenvalue weighted by atomic mass is 10.3. The average Bonchev–Trinajstić information content (AvgIpc) is 2.56. The molecule has 2 rings (SSSR count). The molecule has 0 aliphatic heterocycles. The van der Waals surface area contributed by atoms with Crippen LogP contribution in [0.15, 0.2) is 22.4 Å². The van der Waals surface area contributed by atoms with Crippen molar-refractivity contribution in [1.29, 1.82) is 0 Å². The Morgan fingerprint density at radius 2 is 2.20 bits per heavy atom. The lowest BCUT2D eigenvalue weighted by Crippen LogP contribution is -1.91. The molecule has 15 heavy (non-hydrogen) atoms. The Balaban J connectivity index is 2.24. The first-order valence-corrected chi connectivity index (χ1v) is 5.26. The fraction of sp³-hybridized carbons (Fsp3) is 0.222. The van der Waals surface area contributed by atoms with E-state index in [2.05, 4.69) is 20.2 Å². The second-order valence-electron chi connectivity index (χ2n) is 3.20. The van der Waals surface area contributed by atoms with E-state index in [1.165, 1.54) is 11.8 Å². The molecule has 0 amide bonds. The van der Waals surface area contributed by atoms with Gasteiger partial charge < -0.3 is 5.73 Å². The molecule has 5 nitrogen and oxygen atoms in total. The van der Waals surface area contributed by atoms with Crippen molar-refractivity contribution < 1.29 is 0 Å². The smallest absolute Gasteiger partial charge is 0.214 e. The molecule has 0 bridgehead atoms. The number of anilines is 1. The zero-order chi connectivity index (χ0) is 10.8. The minimum Gasteiger partial charge on any atom is -0.397 e. The van der Waals surface area contributed by atoms with E-state index in [1.54, 1.807) is 6.20 Å². The molecule has 6 heteroatoms. The second kappa shape index (κ2) is 3.90. The van der Waals surface area contributed by atoms with E-state index in [1.807, 2.05) is 19.9 Å². The van der Waals surface area contributed by atoms with Gasteiger partial charge in [-0.05, 0) is 37.2 Å². The Hall–Kier alpha value is -1.56. The summed E-state index contributed by atoms with van der Waals surface area (Å²) < 4.78 is 0. The second-order valence-corrected chi connectivity index (χ2v) is 4.15. The molecule has 0 spiro atoms. The SMILES string of the molecule is Cc1nc(Sc2ncc(N)cc2C)n[nH]1. The summed E-state index contributed by atoms with van der Waals surface area (Å²) >= 11 is 1.42. The van der Waals surface area contributed by atoms with Crippen molar-refractivity contribution in [3.05, 3.63) is 23.7 Å². The third-order valence-corrected chi connectivity index (χ3v) is 2.80. The number of hydrogen-bond acceptors (Lipinski definition) is 5. The number of aromatic amines is 1. The van der Waals surface area contributed by atoms with Gasteiger partial charge in [-0.1, -0.05) is 0 Å². The first-order valence-electron chi connectivity index (χ1n) is 4.44. The first kappa shape index (κ1) is 9.97. The fourth-order valence-electron chi connectivity index (χ4n) is 1.15. The van der Waals surface area contributed by atoms with Gasteiger partial charge in [0.05, 0.1) is 11.9 Å². The maximum Gasteiger partial charge on any atom is 0.214 e. The van der Waals surface area contributed by atoms with Crippen molar-refractivity contribution in [2.24, 2.45) is 0 Å². The third kappa shape index (κ3) is 2.27. The highest BCUT2D eigenvalue weighted by atomic mass is 32.2. The molecule has 3 N–H and O–H groups in total. The van der Waals surface area contributed by atoms with E-state index in [9.17, 15) is 0 Å². The number of aromatic nitrogens is 4. The van der Waals surface area contributed by atoms with Crippen LogP contribution in [-0.2, 0) is 0 Å². The standard InChI is InChI=1S/C9H11N5S/c1-5-3-7(10)4-11-8(5)15-9-12-6(2)13-14-9/h3-4H,10H2,1-2H3,(H,12,13,14). The van der Waals surface area contributed by atoms with Crippen LogP contribution in [0.1, 0.15) is 11.4 Å². The number of aryl methyl sites for hydroxylation is 2. The van der Waals surface area contributed by atoms with Crippen LogP contribution in [0, 0.1) is 13.8 Å². The molecule has 0 aliphatic carbocycles. The molecule has 0 saturated carbocycles. The van der Waals surface area contributed by atoms with E-state index in [-0.39, 0.29) is 0 Å². The maximum absolute atomic E-state index is 5.62. The van der Waals surface area contributed by atoms with Gasteiger partial charge in [0.1, 0.15) is 10.9 Å². The van der Waals surface area contributed by atoms with Gasteiger partial charge in [-0.3, -0.25) is 5.10 Å². The maximum atomic E-state index is 5.62. The Morgan fingerprint density at radius 1 is 1.40 bits per heavy atom. The molecule has 0 radical (unpaired) electrons. The Morgan fingerprint density at radius 3 is 2.80 bits per heavy atom. The lowest BCUT2D eigenvalue weighted by Gasteiger charge is -2.01. The number of nitrogen functional groups attached to an aromatic ring is 1. The van der Waals surface area contributed by atoms with Gasteiger partial charge in [0, 0.05) is 0 Å². The van der Waals surface area contributed by atoms with Crippen LogP contribution in [0.4, 0.5) is 5.69 Å². The summed E-state index contributed by atoms with van der Waals surface area (Å²) in [6.07, 6.45) is 1.63. The van der Waals surface area contributed by atoms with Gasteiger partial charge in [-0.25, -0.2) is 9.97 Å². The molecule has 0 saturated heterocycles. The molecule has 0 aliphatic rings. The monoisotopic (exact) mass is 221 g/mol. The first-order chi connectivity index (χ1) is 7.15. The number of rotatable bonds is 2. The third-order valence-electron chi connectivity index (χ3n) is 1.82. The highest BCUT2D eigenvalue weighted by molar-refractivity contribution is 7.99. The number of hydrogen-bond donors (Lipinski definition) is 2. The molecule has 2 aromatic rings. The number of nitrogens with two attached hydrogens (primary N) is 1. The van der Waals surface area contributed by atoms with Crippen LogP contribution < -0.4 is 5.73 Å². The van der Waals surface area contributed by atoms with Gasteiger partial charge in [-0.15, -0.1) is 5.10 Å². The topological polar surface area (TPSA) is 80.5 Å². The Kier molecular flexibility index (Phi) is 2.59. The summed E-state index contributed by atoms with van der Waals surface area (Å²) in [6.45, 7) is 3.82. The highest BCUT2D eigenvalue weighted by Gasteiger charge is 2.06. The average molecular weight is 221 g/mol. The van der Waals surface area contributed by atoms with E-state index in [4.69, 9.17) is 5.73 Å². The summed E-state index contributed by atoms with van der Waals surface area (Å²) in [5.41, 5.74) is 7.32. The van der Waals surface area contributed by atoms with E-state index in [0.29, 0.717) is 10.8 Å². The Labute approximate surface area is 91.5 Å². The largest absolute Gasteiger partial charge is 0.397 e. The molecular weight excluding hydrogens is 210 g/mol. The summed E-state index contributed by atoms with van der Waals surface area (Å²) in [5.74, 6) is 0.797. The number of nitrogens with zero attached hydrogens (tertiary/aromatic N) is 3. The van der Waals surface area contributed by atoms with Crippen molar-refractivity contribution in [2.75, 3.05) is 5.73 Å². The van der Waals surface area contributed by atoms with Crippen LogP contribution in [0.25, 0.3) is 0 Å². The van der Waals surface area contributed by atoms with Crippen molar-refractivity contribution >= 4 is 17.4 Å². The molecule has 0 aromatic carbocycles. The van der Waals surface area contributed by atoms with Crippen LogP contribution in [-0.4, -0.2) is 20.2 Å². The number of pyridine rings is 1. The quantitative estimate of drug-likeness (QED) is 0.804. The van der Waals surface area contributed by atoms with E-state index >= 15 is 0 Å². The molecule has 2 aromatic heterocycles. The summed E-state index contributed by atoms with van der Waals surface area (Å²) in [7, 11) is 0. The highest BCUT2D eigenvalue weighted by Crippen LogP contribution is 2.26. The molecule has 78 valence electrons. The van der Waals surface area contributed by atoms with Crippen LogP contribution in [0.2, 0.25) is 0 Å². The minimum atomic E-state index is 0.669. The summed E-state index contributed by atoms with van der Waals surface area (Å²) in [6, 6.07) is 1.88. The van der Waals surface area contributed by atoms with Crippen molar-refractivity contribution in [1.82, 2.24) is 20.2 Å². The van der Waals surface area contributed by atoms with Crippen LogP contribution in [0.5, 0.6) is 0 Å². The van der Waals surface area contributed by atoms with Crippen molar-refractivity contribution in [3.8, 4) is 0 Å². The van der Waals surface area contributed by atoms with Crippen molar-refractivity contribution in [3.63, 3.8) is 0 Å². The van der Waals surface area contributed by atoms with Gasteiger partial charge in [0.2, 0.25) is 5.16 Å². The molecular formula is C9H11N5S. The Bertz CT molecular complexity index is 479. The number of H-pyrrole nitrogens is 1. The van der Waals surface area contributed by atoms with Gasteiger partial charge >= 0.3 is 0 Å². The predicted molar refractivity (Wildman–Crippen MR) is 58.6 cm³/mol. The molecule has 0 atom stereocenters. The summed E-state index contributed by atoms with van der Waals surface area (Å²) in [4.78, 5) is 8.42. The zero-order valence-electron chi connectivity index (χ0n) is 8.48. The lowest BCUT2D eigenvalue weighted by molar-refractivity contribution is 0.961. The normalized spacial score (nSPS) is 10.5. The van der Waals surface area contributed by atoms with Crippen LogP contribution in [0.3, 0.4) is 0 Å². The minimum absolute atomic E-state index is 0.669. The molecule has 0 unspecified atom stereocenters.